The summed E-state index contributed by atoms with van der Waals surface area (Å²) in [5.41, 5.74) is 6.32. The molecule has 1 aliphatic heterocycles. The van der Waals surface area contributed by atoms with Crippen LogP contribution in [0.1, 0.15) is 37.6 Å². The lowest BCUT2D eigenvalue weighted by atomic mass is 9.97. The monoisotopic (exact) mass is 439 g/mol. The number of para-hydroxylation sites is 1. The molecule has 3 N–H and O–H groups in total. The number of anilines is 2. The van der Waals surface area contributed by atoms with Crippen molar-refractivity contribution in [2.24, 2.45) is 5.92 Å². The van der Waals surface area contributed by atoms with E-state index in [2.05, 4.69) is 35.4 Å². The molecule has 0 aliphatic carbocycles. The van der Waals surface area contributed by atoms with Crippen molar-refractivity contribution in [1.29, 1.82) is 0 Å². The van der Waals surface area contributed by atoms with E-state index >= 15 is 0 Å². The lowest BCUT2D eigenvalue weighted by Gasteiger charge is -2.34. The number of nitrogens with two attached hydrogens (primary N) is 1. The number of pyridine rings is 2. The number of nitrogen functional groups attached to an aromatic ring is 1. The SMILES string of the molecule is C[C@@H]1CN(c2nc3ccccc3cc2C(=O)NS(=O)(=O)c2cccc(N)n2)C(C)(C)C1. The number of fused-ring (bicyclic) bond motifs is 1. The van der Waals surface area contributed by atoms with Gasteiger partial charge >= 0.3 is 0 Å². The fourth-order valence-electron chi connectivity index (χ4n) is 4.25. The summed E-state index contributed by atoms with van der Waals surface area (Å²) in [5, 5.41) is 0.437. The number of carbonyl (C=O) groups is 1. The summed E-state index contributed by atoms with van der Waals surface area (Å²) in [6, 6.07) is 13.4. The van der Waals surface area contributed by atoms with E-state index in [0.29, 0.717) is 11.7 Å². The molecule has 8 nitrogen and oxygen atoms in total. The van der Waals surface area contributed by atoms with E-state index in [9.17, 15) is 13.2 Å². The molecule has 1 saturated heterocycles. The van der Waals surface area contributed by atoms with Gasteiger partial charge in [-0.05, 0) is 50.5 Å². The molecule has 0 radical (unpaired) electrons. The fraction of sp³-hybridized carbons (Fsp3) is 0.318. The smallest absolute Gasteiger partial charge is 0.281 e. The molecule has 4 rings (SSSR count). The van der Waals surface area contributed by atoms with Crippen LogP contribution >= 0.6 is 0 Å². The summed E-state index contributed by atoms with van der Waals surface area (Å²) in [6.45, 7) is 7.07. The zero-order valence-corrected chi connectivity index (χ0v) is 18.5. The summed E-state index contributed by atoms with van der Waals surface area (Å²) in [5.74, 6) is 0.185. The van der Waals surface area contributed by atoms with Crippen LogP contribution in [0, 0.1) is 5.92 Å². The van der Waals surface area contributed by atoms with E-state index < -0.39 is 15.9 Å². The minimum Gasteiger partial charge on any atom is -0.384 e. The van der Waals surface area contributed by atoms with Crippen molar-refractivity contribution in [1.82, 2.24) is 14.7 Å². The van der Waals surface area contributed by atoms with Crippen LogP contribution < -0.4 is 15.4 Å². The van der Waals surface area contributed by atoms with Crippen molar-refractivity contribution in [3.8, 4) is 0 Å². The van der Waals surface area contributed by atoms with Gasteiger partial charge in [-0.2, -0.15) is 8.42 Å². The van der Waals surface area contributed by atoms with Crippen molar-refractivity contribution in [3.05, 3.63) is 54.1 Å². The second-order valence-corrected chi connectivity index (χ2v) is 10.2. The molecule has 162 valence electrons. The first kappa shape index (κ1) is 21.0. The van der Waals surface area contributed by atoms with Gasteiger partial charge in [-0.1, -0.05) is 31.2 Å². The van der Waals surface area contributed by atoms with E-state index in [1.807, 2.05) is 24.3 Å². The van der Waals surface area contributed by atoms with Crippen molar-refractivity contribution in [2.75, 3.05) is 17.2 Å². The Hall–Kier alpha value is -3.20. The number of nitrogens with zero attached hydrogens (tertiary/aromatic N) is 3. The van der Waals surface area contributed by atoms with Gasteiger partial charge in [-0.25, -0.2) is 14.7 Å². The van der Waals surface area contributed by atoms with Gasteiger partial charge in [0.1, 0.15) is 11.6 Å². The third kappa shape index (κ3) is 4.05. The molecule has 3 aromatic rings. The normalized spacial score (nSPS) is 18.3. The highest BCUT2D eigenvalue weighted by Gasteiger charge is 2.39. The number of rotatable bonds is 4. The van der Waals surface area contributed by atoms with E-state index in [1.165, 1.54) is 18.2 Å². The third-order valence-corrected chi connectivity index (χ3v) is 6.76. The highest BCUT2D eigenvalue weighted by molar-refractivity contribution is 7.90. The highest BCUT2D eigenvalue weighted by atomic mass is 32.2. The molecule has 1 amide bonds. The molecule has 1 aromatic carbocycles. The number of hydrogen-bond donors (Lipinski definition) is 2. The van der Waals surface area contributed by atoms with Crippen molar-refractivity contribution < 1.29 is 13.2 Å². The van der Waals surface area contributed by atoms with Crippen LogP contribution in [0.3, 0.4) is 0 Å². The van der Waals surface area contributed by atoms with Crippen molar-refractivity contribution in [3.63, 3.8) is 0 Å². The molecule has 9 heteroatoms. The Morgan fingerprint density at radius 3 is 2.58 bits per heavy atom. The van der Waals surface area contributed by atoms with Crippen LogP contribution in [0.2, 0.25) is 0 Å². The first-order valence-corrected chi connectivity index (χ1v) is 11.5. The molecule has 1 atom stereocenters. The number of hydrogen-bond acceptors (Lipinski definition) is 7. The van der Waals surface area contributed by atoms with Crippen LogP contribution in [-0.2, 0) is 10.0 Å². The summed E-state index contributed by atoms with van der Waals surface area (Å²) in [7, 11) is -4.20. The van der Waals surface area contributed by atoms with Gasteiger partial charge in [-0.3, -0.25) is 4.79 Å². The first-order chi connectivity index (χ1) is 14.6. The van der Waals surface area contributed by atoms with Gasteiger partial charge in [0.05, 0.1) is 11.1 Å². The topological polar surface area (TPSA) is 118 Å². The summed E-state index contributed by atoms with van der Waals surface area (Å²) < 4.78 is 27.7. The Labute approximate surface area is 181 Å². The van der Waals surface area contributed by atoms with E-state index in [4.69, 9.17) is 10.7 Å². The molecule has 3 heterocycles. The molecule has 0 unspecified atom stereocenters. The van der Waals surface area contributed by atoms with Crippen molar-refractivity contribution in [2.45, 2.75) is 37.8 Å². The van der Waals surface area contributed by atoms with Crippen LogP contribution in [0.15, 0.2) is 53.6 Å². The predicted molar refractivity (Wildman–Crippen MR) is 120 cm³/mol. The van der Waals surface area contributed by atoms with Crippen LogP contribution in [0.5, 0.6) is 0 Å². The Kier molecular flexibility index (Phi) is 5.09. The average molecular weight is 440 g/mol. The Morgan fingerprint density at radius 2 is 1.90 bits per heavy atom. The van der Waals surface area contributed by atoms with Gasteiger partial charge in [0.15, 0.2) is 5.03 Å². The summed E-state index contributed by atoms with van der Waals surface area (Å²) in [6.07, 6.45) is 0.939. The maximum Gasteiger partial charge on any atom is 0.281 e. The highest BCUT2D eigenvalue weighted by Crippen LogP contribution is 2.38. The second kappa shape index (κ2) is 7.49. The van der Waals surface area contributed by atoms with Gasteiger partial charge in [0, 0.05) is 17.5 Å². The van der Waals surface area contributed by atoms with Crippen LogP contribution in [0.25, 0.3) is 10.9 Å². The number of sulfonamides is 1. The quantitative estimate of drug-likeness (QED) is 0.641. The Morgan fingerprint density at radius 1 is 1.16 bits per heavy atom. The molecule has 0 bridgehead atoms. The number of aromatic nitrogens is 2. The number of carbonyl (C=O) groups excluding carboxylic acids is 1. The van der Waals surface area contributed by atoms with Crippen LogP contribution in [0.4, 0.5) is 11.6 Å². The van der Waals surface area contributed by atoms with Gasteiger partial charge in [0.25, 0.3) is 15.9 Å². The Bertz CT molecular complexity index is 1270. The van der Waals surface area contributed by atoms with E-state index in [-0.39, 0.29) is 21.9 Å². The predicted octanol–water partition coefficient (Wildman–Crippen LogP) is 2.96. The second-order valence-electron chi connectivity index (χ2n) is 8.62. The molecule has 0 spiro atoms. The molecule has 31 heavy (non-hydrogen) atoms. The fourth-order valence-corrected chi connectivity index (χ4v) is 5.19. The lowest BCUT2D eigenvalue weighted by molar-refractivity contribution is 0.0981. The van der Waals surface area contributed by atoms with Gasteiger partial charge < -0.3 is 10.6 Å². The molecule has 0 saturated carbocycles. The molecule has 1 fully saturated rings. The van der Waals surface area contributed by atoms with Gasteiger partial charge in [0.2, 0.25) is 0 Å². The van der Waals surface area contributed by atoms with Crippen LogP contribution in [-0.4, -0.2) is 36.4 Å². The van der Waals surface area contributed by atoms with E-state index in [0.717, 1.165) is 23.9 Å². The molecule has 2 aromatic heterocycles. The molecule has 1 aliphatic rings. The minimum atomic E-state index is -4.20. The standard InChI is InChI=1S/C22H25N5O3S/c1-14-12-22(2,3)27(13-14)20-16(11-15-7-4-5-8-17(15)24-20)21(28)26-31(29,30)19-10-6-9-18(23)25-19/h4-11,14H,12-13H2,1-3H3,(H2,23,25)(H,26,28)/t14-/m0/s1. The zero-order valence-electron chi connectivity index (χ0n) is 17.7. The summed E-state index contributed by atoms with van der Waals surface area (Å²) >= 11 is 0. The zero-order chi connectivity index (χ0) is 22.4. The number of nitrogens with one attached hydrogen (secondary N) is 1. The minimum absolute atomic E-state index is 0.0520. The van der Waals surface area contributed by atoms with Crippen molar-refractivity contribution >= 4 is 38.5 Å². The third-order valence-electron chi connectivity index (χ3n) is 5.52. The Balaban J connectivity index is 1.79. The largest absolute Gasteiger partial charge is 0.384 e. The number of benzene rings is 1. The average Bonchev–Trinajstić information content (AvgIpc) is 2.98. The summed E-state index contributed by atoms with van der Waals surface area (Å²) in [4.78, 5) is 23.9. The molecular weight excluding hydrogens is 414 g/mol. The maximum atomic E-state index is 13.2. The first-order valence-electron chi connectivity index (χ1n) is 10.0. The van der Waals surface area contributed by atoms with Gasteiger partial charge in [-0.15, -0.1) is 0 Å². The number of amides is 1. The van der Waals surface area contributed by atoms with E-state index in [1.54, 1.807) is 6.07 Å². The maximum absolute atomic E-state index is 13.2. The molecular formula is C22H25N5O3S. The lowest BCUT2D eigenvalue weighted by Crippen LogP contribution is -2.41.